The Labute approximate surface area is 358 Å². The molecule has 0 spiro atoms. The average molecular weight is 798 g/mol. The predicted molar refractivity (Wildman–Crippen MR) is 256 cm³/mol. The van der Waals surface area contributed by atoms with Crippen molar-refractivity contribution < 1.29 is 4.42 Å². The van der Waals surface area contributed by atoms with Gasteiger partial charge in [0.25, 0.3) is 0 Å². The van der Waals surface area contributed by atoms with E-state index in [4.69, 9.17) is 25.1 Å². The molecule has 62 heavy (non-hydrogen) atoms. The van der Waals surface area contributed by atoms with Crippen LogP contribution in [0.15, 0.2) is 227 Å². The molecule has 294 valence electrons. The fraction of sp³-hybridized carbons (Fsp3) is 0.0179. The number of hydrogen-bond donors (Lipinski definition) is 1. The van der Waals surface area contributed by atoms with Crippen molar-refractivity contribution in [3.63, 3.8) is 0 Å². The molecule has 8 aromatic carbocycles. The van der Waals surface area contributed by atoms with E-state index < -0.39 is 0 Å². The third-order valence-electron chi connectivity index (χ3n) is 11.6. The molecule has 11 rings (SSSR count). The smallest absolute Gasteiger partial charge is 0.157 e. The first kappa shape index (κ1) is 36.7. The van der Waals surface area contributed by atoms with Gasteiger partial charge in [-0.1, -0.05) is 170 Å². The molecule has 0 saturated heterocycles. The molecule has 0 saturated carbocycles. The molecule has 2 N–H and O–H groups in total. The number of rotatable bonds is 8. The van der Waals surface area contributed by atoms with E-state index in [9.17, 15) is 0 Å². The molecule has 3 aromatic heterocycles. The van der Waals surface area contributed by atoms with E-state index in [0.717, 1.165) is 99.6 Å². The first-order valence-electron chi connectivity index (χ1n) is 20.8. The van der Waals surface area contributed by atoms with Gasteiger partial charge >= 0.3 is 0 Å². The third kappa shape index (κ3) is 6.60. The molecule has 3 heterocycles. The van der Waals surface area contributed by atoms with E-state index in [1.54, 1.807) is 0 Å². The maximum Gasteiger partial charge on any atom is 0.157 e. The number of pyridine rings is 1. The molecule has 0 radical (unpaired) electrons. The summed E-state index contributed by atoms with van der Waals surface area (Å²) in [6, 6.07) is 70.9. The Balaban J connectivity index is 1.17. The van der Waals surface area contributed by atoms with Gasteiger partial charge in [0.15, 0.2) is 5.84 Å². The Morgan fingerprint density at radius 3 is 1.90 bits per heavy atom. The average Bonchev–Trinajstić information content (AvgIpc) is 3.89. The van der Waals surface area contributed by atoms with Crippen molar-refractivity contribution in [2.24, 2.45) is 15.7 Å². The topological polar surface area (TPSA) is 81.7 Å². The highest BCUT2D eigenvalue weighted by Gasteiger charge is 2.22. The summed E-state index contributed by atoms with van der Waals surface area (Å²) in [5.41, 5.74) is 19.7. The molecule has 0 fully saturated rings. The summed E-state index contributed by atoms with van der Waals surface area (Å²) in [6.07, 6.45) is 2.01. The summed E-state index contributed by atoms with van der Waals surface area (Å²) in [6.45, 7) is 0.274. The molecule has 0 bridgehead atoms. The molecule has 6 heteroatoms. The van der Waals surface area contributed by atoms with Crippen LogP contribution < -0.4 is 5.73 Å². The second-order valence-corrected chi connectivity index (χ2v) is 15.4. The van der Waals surface area contributed by atoms with Crippen LogP contribution in [0.1, 0.15) is 16.7 Å². The van der Waals surface area contributed by atoms with Crippen molar-refractivity contribution >= 4 is 55.4 Å². The molecular formula is C56H39N5O. The van der Waals surface area contributed by atoms with Gasteiger partial charge in [0.05, 0.1) is 17.6 Å². The minimum Gasteiger partial charge on any atom is -0.456 e. The molecule has 6 nitrogen and oxygen atoms in total. The van der Waals surface area contributed by atoms with E-state index >= 15 is 0 Å². The van der Waals surface area contributed by atoms with Crippen LogP contribution in [-0.4, -0.2) is 21.2 Å². The van der Waals surface area contributed by atoms with Crippen LogP contribution in [-0.2, 0) is 6.54 Å². The Hall–Kier alpha value is -8.35. The van der Waals surface area contributed by atoms with Gasteiger partial charge in [0.2, 0.25) is 0 Å². The number of nitrogens with two attached hydrogens (primary N) is 1. The molecule has 0 aliphatic carbocycles. The standard InChI is InChI=1S/C56H39N5O/c57-54(39-21-9-3-10-22-39)60-55(40-23-11-4-12-24-40)58-36-43-33-42(47-34-41(37-17-5-1-6-18-37)29-30-44(47)38-19-7-2-8-20-38)35-59-56(43)61-48-27-15-13-25-45(48)52-49(61)31-32-51-53(52)46-26-14-16-28-50(46)62-51/h1-35H,36H2,(H2,57,58,60). The monoisotopic (exact) mass is 797 g/mol. The van der Waals surface area contributed by atoms with Crippen LogP contribution in [0.4, 0.5) is 0 Å². The predicted octanol–water partition coefficient (Wildman–Crippen LogP) is 13.4. The Morgan fingerprint density at radius 1 is 0.500 bits per heavy atom. The van der Waals surface area contributed by atoms with Crippen molar-refractivity contribution in [1.29, 1.82) is 0 Å². The summed E-state index contributed by atoms with van der Waals surface area (Å²) in [5, 5.41) is 4.41. The van der Waals surface area contributed by atoms with Crippen LogP contribution in [0.5, 0.6) is 0 Å². The van der Waals surface area contributed by atoms with Crippen LogP contribution in [0.25, 0.3) is 82.9 Å². The summed E-state index contributed by atoms with van der Waals surface area (Å²) < 4.78 is 8.69. The number of aliphatic imine (C=N–C) groups is 2. The maximum atomic E-state index is 6.69. The lowest BCUT2D eigenvalue weighted by Gasteiger charge is -2.17. The molecule has 11 aromatic rings. The van der Waals surface area contributed by atoms with Crippen LogP contribution in [0.3, 0.4) is 0 Å². The van der Waals surface area contributed by atoms with Crippen molar-refractivity contribution in [2.45, 2.75) is 6.54 Å². The minimum absolute atomic E-state index is 0.274. The van der Waals surface area contributed by atoms with Gasteiger partial charge in [-0.05, 0) is 64.2 Å². The number of para-hydroxylation sites is 2. The minimum atomic E-state index is 0.274. The zero-order valence-corrected chi connectivity index (χ0v) is 33.7. The fourth-order valence-electron chi connectivity index (χ4n) is 8.66. The first-order valence-corrected chi connectivity index (χ1v) is 20.8. The first-order chi connectivity index (χ1) is 30.7. The number of aromatic nitrogens is 2. The van der Waals surface area contributed by atoms with E-state index in [0.29, 0.717) is 11.7 Å². The molecule has 0 unspecified atom stereocenters. The number of amidine groups is 2. The molecule has 0 aliphatic rings. The summed E-state index contributed by atoms with van der Waals surface area (Å²) in [7, 11) is 0. The van der Waals surface area contributed by atoms with Gasteiger partial charge in [-0.25, -0.2) is 9.98 Å². The molecular weight excluding hydrogens is 759 g/mol. The number of furan rings is 1. The molecule has 0 atom stereocenters. The Morgan fingerprint density at radius 2 is 1.15 bits per heavy atom. The highest BCUT2D eigenvalue weighted by Crippen LogP contribution is 2.42. The van der Waals surface area contributed by atoms with E-state index in [1.165, 1.54) is 0 Å². The quantitative estimate of drug-likeness (QED) is 0.123. The van der Waals surface area contributed by atoms with E-state index in [1.807, 2.05) is 85.1 Å². The van der Waals surface area contributed by atoms with E-state index in [-0.39, 0.29) is 6.54 Å². The SMILES string of the molecule is N/C(=N\C(=N/Cc1cc(-c2cc(-c3ccccc3)ccc2-c2ccccc2)cnc1-n1c2ccccc2c2c3c(ccc21)oc1ccccc13)c1ccccc1)c1ccccc1. The zero-order valence-electron chi connectivity index (χ0n) is 33.7. The highest BCUT2D eigenvalue weighted by molar-refractivity contribution is 6.27. The van der Waals surface area contributed by atoms with Crippen molar-refractivity contribution in [3.05, 3.63) is 229 Å². The normalized spacial score (nSPS) is 12.2. The van der Waals surface area contributed by atoms with Crippen LogP contribution in [0.2, 0.25) is 0 Å². The van der Waals surface area contributed by atoms with Crippen LogP contribution >= 0.6 is 0 Å². The fourth-order valence-corrected chi connectivity index (χ4v) is 8.66. The number of nitrogens with zero attached hydrogens (tertiary/aromatic N) is 4. The van der Waals surface area contributed by atoms with Gasteiger partial charge < -0.3 is 10.2 Å². The summed E-state index contributed by atoms with van der Waals surface area (Å²) in [4.78, 5) is 15.7. The van der Waals surface area contributed by atoms with E-state index in [2.05, 4.69) is 132 Å². The second kappa shape index (κ2) is 15.7. The zero-order chi connectivity index (χ0) is 41.4. The second-order valence-electron chi connectivity index (χ2n) is 15.4. The lowest BCUT2D eigenvalue weighted by Crippen LogP contribution is -2.16. The van der Waals surface area contributed by atoms with Crippen molar-refractivity contribution in [3.8, 4) is 39.2 Å². The largest absolute Gasteiger partial charge is 0.456 e. The van der Waals surface area contributed by atoms with Gasteiger partial charge in [-0.15, -0.1) is 0 Å². The van der Waals surface area contributed by atoms with Crippen molar-refractivity contribution in [1.82, 2.24) is 9.55 Å². The van der Waals surface area contributed by atoms with Gasteiger partial charge in [-0.3, -0.25) is 9.56 Å². The highest BCUT2D eigenvalue weighted by atomic mass is 16.3. The number of benzene rings is 8. The lowest BCUT2D eigenvalue weighted by molar-refractivity contribution is 0.669. The summed E-state index contributed by atoms with van der Waals surface area (Å²) in [5.74, 6) is 1.71. The maximum absolute atomic E-state index is 6.69. The molecule has 0 aliphatic heterocycles. The lowest BCUT2D eigenvalue weighted by atomic mass is 9.91. The Bertz CT molecular complexity index is 3480. The Kier molecular flexibility index (Phi) is 9.28. The van der Waals surface area contributed by atoms with Crippen LogP contribution in [0, 0.1) is 0 Å². The van der Waals surface area contributed by atoms with Gasteiger partial charge in [-0.2, -0.15) is 0 Å². The van der Waals surface area contributed by atoms with Gasteiger partial charge in [0, 0.05) is 50.0 Å². The number of hydrogen-bond acceptors (Lipinski definition) is 3. The summed E-state index contributed by atoms with van der Waals surface area (Å²) >= 11 is 0. The molecule has 0 amide bonds. The number of fused-ring (bicyclic) bond motifs is 7. The third-order valence-corrected chi connectivity index (χ3v) is 11.6. The van der Waals surface area contributed by atoms with Gasteiger partial charge in [0.1, 0.15) is 22.8 Å². The van der Waals surface area contributed by atoms with Crippen molar-refractivity contribution in [2.75, 3.05) is 0 Å².